The van der Waals surface area contributed by atoms with Crippen LogP contribution < -0.4 is 4.74 Å². The quantitative estimate of drug-likeness (QED) is 0.713. The Labute approximate surface area is 87.3 Å². The molecule has 1 aliphatic heterocycles. The molecular formula is C10H12N2O3. The highest BCUT2D eigenvalue weighted by Crippen LogP contribution is 2.14. The van der Waals surface area contributed by atoms with Crippen LogP contribution in [0.2, 0.25) is 0 Å². The monoisotopic (exact) mass is 208 g/mol. The molecule has 1 N–H and O–H groups in total. The zero-order chi connectivity index (χ0) is 10.7. The fourth-order valence-electron chi connectivity index (χ4n) is 1.23. The van der Waals surface area contributed by atoms with Crippen LogP contribution >= 0.6 is 0 Å². The van der Waals surface area contributed by atoms with E-state index in [2.05, 4.69) is 9.88 Å². The van der Waals surface area contributed by atoms with Crippen molar-refractivity contribution in [3.8, 4) is 5.88 Å². The maximum absolute atomic E-state index is 10.8. The summed E-state index contributed by atoms with van der Waals surface area (Å²) in [6.07, 6.45) is 1.53. The Kier molecular flexibility index (Phi) is 2.82. The van der Waals surface area contributed by atoms with Crippen LogP contribution in [0, 0.1) is 0 Å². The molecule has 0 spiro atoms. The van der Waals surface area contributed by atoms with Crippen molar-refractivity contribution in [2.45, 2.75) is 0 Å². The third-order valence-corrected chi connectivity index (χ3v) is 2.19. The second kappa shape index (κ2) is 4.27. The first-order valence-electron chi connectivity index (χ1n) is 4.81. The van der Waals surface area contributed by atoms with Gasteiger partial charge in [0.1, 0.15) is 12.2 Å². The molecule has 5 nitrogen and oxygen atoms in total. The van der Waals surface area contributed by atoms with Crippen LogP contribution in [0.4, 0.5) is 0 Å². The number of rotatable bonds is 5. The van der Waals surface area contributed by atoms with E-state index in [9.17, 15) is 4.79 Å². The van der Waals surface area contributed by atoms with E-state index in [1.54, 1.807) is 6.07 Å². The lowest BCUT2D eigenvalue weighted by atomic mass is 10.3. The Morgan fingerprint density at radius 2 is 2.40 bits per heavy atom. The summed E-state index contributed by atoms with van der Waals surface area (Å²) in [7, 11) is 0. The smallest absolute Gasteiger partial charge is 0.341 e. The van der Waals surface area contributed by atoms with Crippen LogP contribution in [0.15, 0.2) is 18.3 Å². The third kappa shape index (κ3) is 2.66. The summed E-state index contributed by atoms with van der Waals surface area (Å²) in [6, 6.07) is 3.07. The van der Waals surface area contributed by atoms with Gasteiger partial charge in [-0.1, -0.05) is 0 Å². The molecule has 0 amide bonds. The van der Waals surface area contributed by atoms with E-state index in [-0.39, 0.29) is 11.4 Å². The normalized spacial score (nSPS) is 14.9. The first kappa shape index (κ1) is 9.92. The molecule has 0 bridgehead atoms. The second-order valence-electron chi connectivity index (χ2n) is 3.35. The van der Waals surface area contributed by atoms with Gasteiger partial charge in [0.15, 0.2) is 0 Å². The van der Waals surface area contributed by atoms with Crippen molar-refractivity contribution in [1.82, 2.24) is 9.88 Å². The summed E-state index contributed by atoms with van der Waals surface area (Å²) in [4.78, 5) is 16.9. The van der Waals surface area contributed by atoms with Crippen molar-refractivity contribution in [2.75, 3.05) is 26.2 Å². The number of aromatic carboxylic acids is 1. The van der Waals surface area contributed by atoms with E-state index in [4.69, 9.17) is 9.84 Å². The number of carboxylic acids is 1. The lowest BCUT2D eigenvalue weighted by molar-refractivity contribution is 0.0691. The minimum atomic E-state index is -1.01. The number of carboxylic acid groups (broad SMARTS) is 1. The minimum Gasteiger partial charge on any atom is -0.477 e. The van der Waals surface area contributed by atoms with Crippen molar-refractivity contribution in [3.63, 3.8) is 0 Å². The summed E-state index contributed by atoms with van der Waals surface area (Å²) in [5, 5.41) is 8.86. The number of aromatic nitrogens is 1. The van der Waals surface area contributed by atoms with Gasteiger partial charge in [-0.2, -0.15) is 0 Å². The highest BCUT2D eigenvalue weighted by Gasteiger charge is 2.17. The molecule has 1 aliphatic rings. The summed E-state index contributed by atoms with van der Waals surface area (Å²) in [6.45, 7) is 3.53. The van der Waals surface area contributed by atoms with Crippen LogP contribution in [-0.2, 0) is 0 Å². The van der Waals surface area contributed by atoms with Gasteiger partial charge in [0.25, 0.3) is 0 Å². The molecule has 0 radical (unpaired) electrons. The molecule has 0 atom stereocenters. The van der Waals surface area contributed by atoms with E-state index in [1.807, 2.05) is 0 Å². The highest BCUT2D eigenvalue weighted by atomic mass is 16.5. The fraction of sp³-hybridized carbons (Fsp3) is 0.400. The molecule has 0 aliphatic carbocycles. The number of pyridine rings is 1. The molecule has 1 aromatic heterocycles. The van der Waals surface area contributed by atoms with Crippen LogP contribution in [-0.4, -0.2) is 47.2 Å². The summed E-state index contributed by atoms with van der Waals surface area (Å²) in [5.41, 5.74) is 0.114. The zero-order valence-corrected chi connectivity index (χ0v) is 8.22. The molecule has 0 saturated carbocycles. The minimum absolute atomic E-state index is 0.114. The van der Waals surface area contributed by atoms with Crippen molar-refractivity contribution in [3.05, 3.63) is 23.9 Å². The van der Waals surface area contributed by atoms with Gasteiger partial charge >= 0.3 is 5.97 Å². The Balaban J connectivity index is 1.95. The van der Waals surface area contributed by atoms with Crippen LogP contribution in [0.1, 0.15) is 10.4 Å². The predicted molar refractivity (Wildman–Crippen MR) is 53.1 cm³/mol. The van der Waals surface area contributed by atoms with Gasteiger partial charge in [-0.3, -0.25) is 4.90 Å². The van der Waals surface area contributed by atoms with E-state index in [0.717, 1.165) is 19.6 Å². The van der Waals surface area contributed by atoms with Gasteiger partial charge in [-0.15, -0.1) is 0 Å². The lowest BCUT2D eigenvalue weighted by Crippen LogP contribution is -2.13. The summed E-state index contributed by atoms with van der Waals surface area (Å²) < 4.78 is 5.32. The predicted octanol–water partition coefficient (Wildman–Crippen LogP) is 0.474. The number of ether oxygens (including phenoxy) is 1. The third-order valence-electron chi connectivity index (χ3n) is 2.19. The highest BCUT2D eigenvalue weighted by molar-refractivity contribution is 5.90. The van der Waals surface area contributed by atoms with Gasteiger partial charge in [0.05, 0.1) is 0 Å². The molecule has 1 saturated heterocycles. The molecule has 0 aromatic carbocycles. The first-order chi connectivity index (χ1) is 7.27. The maximum Gasteiger partial charge on any atom is 0.341 e. The molecule has 0 unspecified atom stereocenters. The van der Waals surface area contributed by atoms with Gasteiger partial charge in [-0.05, 0) is 12.1 Å². The second-order valence-corrected chi connectivity index (χ2v) is 3.35. The zero-order valence-electron chi connectivity index (χ0n) is 8.22. The average Bonchev–Trinajstić information content (AvgIpc) is 3.02. The molecule has 80 valence electrons. The van der Waals surface area contributed by atoms with Crippen molar-refractivity contribution in [1.29, 1.82) is 0 Å². The van der Waals surface area contributed by atoms with Crippen LogP contribution in [0.5, 0.6) is 5.88 Å². The summed E-state index contributed by atoms with van der Waals surface area (Å²) >= 11 is 0. The van der Waals surface area contributed by atoms with Gasteiger partial charge in [-0.25, -0.2) is 9.78 Å². The Morgan fingerprint density at radius 3 is 3.07 bits per heavy atom. The molecule has 1 aromatic rings. The maximum atomic E-state index is 10.8. The standard InChI is InChI=1S/C10H12N2O3/c13-10(14)8-2-1-3-11-9(8)15-7-6-12-4-5-12/h1-3H,4-7H2,(H,13,14). The number of hydrogen-bond acceptors (Lipinski definition) is 4. The van der Waals surface area contributed by atoms with Gasteiger partial charge in [0, 0.05) is 25.8 Å². The van der Waals surface area contributed by atoms with Crippen molar-refractivity contribution < 1.29 is 14.6 Å². The Bertz CT molecular complexity index is 363. The van der Waals surface area contributed by atoms with Gasteiger partial charge in [0.2, 0.25) is 5.88 Å². The SMILES string of the molecule is O=C(O)c1cccnc1OCCN1CC1. The molecule has 5 heteroatoms. The molecule has 2 heterocycles. The number of nitrogens with zero attached hydrogens (tertiary/aromatic N) is 2. The Morgan fingerprint density at radius 1 is 1.60 bits per heavy atom. The molecule has 1 fully saturated rings. The largest absolute Gasteiger partial charge is 0.477 e. The molecule has 2 rings (SSSR count). The summed E-state index contributed by atoms with van der Waals surface area (Å²) in [5.74, 6) is -0.809. The number of hydrogen-bond donors (Lipinski definition) is 1. The fourth-order valence-corrected chi connectivity index (χ4v) is 1.23. The van der Waals surface area contributed by atoms with Crippen LogP contribution in [0.25, 0.3) is 0 Å². The molecular weight excluding hydrogens is 196 g/mol. The van der Waals surface area contributed by atoms with Crippen LogP contribution in [0.3, 0.4) is 0 Å². The van der Waals surface area contributed by atoms with Gasteiger partial charge < -0.3 is 9.84 Å². The van der Waals surface area contributed by atoms with E-state index in [1.165, 1.54) is 12.3 Å². The van der Waals surface area contributed by atoms with Crippen molar-refractivity contribution >= 4 is 5.97 Å². The van der Waals surface area contributed by atoms with Crippen molar-refractivity contribution in [2.24, 2.45) is 0 Å². The molecule has 15 heavy (non-hydrogen) atoms. The van der Waals surface area contributed by atoms with E-state index < -0.39 is 5.97 Å². The average molecular weight is 208 g/mol. The van der Waals surface area contributed by atoms with E-state index in [0.29, 0.717) is 6.61 Å². The number of carbonyl (C=O) groups is 1. The lowest BCUT2D eigenvalue weighted by Gasteiger charge is -2.07. The van der Waals surface area contributed by atoms with E-state index >= 15 is 0 Å². The first-order valence-corrected chi connectivity index (χ1v) is 4.81. The Hall–Kier alpha value is -1.62. The topological polar surface area (TPSA) is 62.4 Å².